The van der Waals surface area contributed by atoms with Crippen molar-refractivity contribution in [3.05, 3.63) is 53.7 Å². The first-order valence-corrected chi connectivity index (χ1v) is 7.52. The molecule has 2 rings (SSSR count). The summed E-state index contributed by atoms with van der Waals surface area (Å²) in [7, 11) is 0. The number of aryl methyl sites for hydroxylation is 1. The summed E-state index contributed by atoms with van der Waals surface area (Å²) in [5.74, 6) is 0.560. The van der Waals surface area contributed by atoms with Crippen molar-refractivity contribution >= 4 is 17.5 Å². The second-order valence-electron chi connectivity index (χ2n) is 6.28. The number of carbonyl (C=O) groups excluding carboxylic acids is 1. The van der Waals surface area contributed by atoms with E-state index in [2.05, 4.69) is 43.3 Å². The molecule has 2 amide bonds. The predicted octanol–water partition coefficient (Wildman–Crippen LogP) is 4.59. The molecular formula is C18H23N3O. The molecule has 0 aliphatic heterocycles. The lowest BCUT2D eigenvalue weighted by Crippen LogP contribution is -2.23. The van der Waals surface area contributed by atoms with Crippen molar-refractivity contribution < 1.29 is 4.79 Å². The van der Waals surface area contributed by atoms with Gasteiger partial charge in [0.1, 0.15) is 5.82 Å². The van der Waals surface area contributed by atoms with E-state index in [1.807, 2.05) is 36.4 Å². The van der Waals surface area contributed by atoms with Crippen LogP contribution in [0, 0.1) is 0 Å². The van der Waals surface area contributed by atoms with Crippen molar-refractivity contribution in [3.8, 4) is 0 Å². The summed E-state index contributed by atoms with van der Waals surface area (Å²) in [5, 5.41) is 5.70. The third-order valence-corrected chi connectivity index (χ3v) is 3.46. The highest BCUT2D eigenvalue weighted by atomic mass is 16.2. The van der Waals surface area contributed by atoms with Crippen LogP contribution >= 0.6 is 0 Å². The van der Waals surface area contributed by atoms with Crippen molar-refractivity contribution in [2.75, 3.05) is 10.6 Å². The van der Waals surface area contributed by atoms with Gasteiger partial charge in [0.25, 0.3) is 0 Å². The smallest absolute Gasteiger partial charge is 0.307 e. The van der Waals surface area contributed by atoms with E-state index in [1.165, 1.54) is 0 Å². The van der Waals surface area contributed by atoms with Gasteiger partial charge in [0, 0.05) is 11.9 Å². The molecule has 4 heteroatoms. The second-order valence-corrected chi connectivity index (χ2v) is 6.28. The summed E-state index contributed by atoms with van der Waals surface area (Å²) >= 11 is 0. The fraction of sp³-hybridized carbons (Fsp3) is 0.333. The highest BCUT2D eigenvalue weighted by molar-refractivity contribution is 5.99. The zero-order valence-electron chi connectivity index (χ0n) is 13.6. The average molecular weight is 297 g/mol. The lowest BCUT2D eigenvalue weighted by molar-refractivity contribution is 0.262. The third kappa shape index (κ3) is 4.07. The summed E-state index contributed by atoms with van der Waals surface area (Å²) in [6.07, 6.45) is 2.61. The molecule has 0 atom stereocenters. The van der Waals surface area contributed by atoms with E-state index in [0.717, 1.165) is 23.2 Å². The maximum Gasteiger partial charge on any atom is 0.324 e. The quantitative estimate of drug-likeness (QED) is 0.871. The molecule has 2 aromatic rings. The van der Waals surface area contributed by atoms with Gasteiger partial charge in [0.05, 0.1) is 0 Å². The number of amides is 2. The summed E-state index contributed by atoms with van der Waals surface area (Å²) in [6, 6.07) is 11.4. The van der Waals surface area contributed by atoms with Crippen molar-refractivity contribution in [1.82, 2.24) is 4.98 Å². The minimum Gasteiger partial charge on any atom is -0.307 e. The van der Waals surface area contributed by atoms with Gasteiger partial charge in [-0.3, -0.25) is 5.32 Å². The van der Waals surface area contributed by atoms with E-state index in [0.29, 0.717) is 5.82 Å². The lowest BCUT2D eigenvalue weighted by atomic mass is 9.86. The van der Waals surface area contributed by atoms with Crippen molar-refractivity contribution in [3.63, 3.8) is 0 Å². The first-order chi connectivity index (χ1) is 10.4. The molecule has 0 spiro atoms. The fourth-order valence-corrected chi connectivity index (χ4v) is 2.28. The van der Waals surface area contributed by atoms with Gasteiger partial charge in [-0.1, -0.05) is 45.9 Å². The molecular weight excluding hydrogens is 274 g/mol. The zero-order chi connectivity index (χ0) is 16.2. The molecule has 22 heavy (non-hydrogen) atoms. The van der Waals surface area contributed by atoms with Gasteiger partial charge in [-0.05, 0) is 41.2 Å². The summed E-state index contributed by atoms with van der Waals surface area (Å²) in [4.78, 5) is 16.4. The molecule has 0 bridgehead atoms. The fourth-order valence-electron chi connectivity index (χ4n) is 2.28. The monoisotopic (exact) mass is 297 g/mol. The highest BCUT2D eigenvalue weighted by Gasteiger charge is 2.18. The third-order valence-electron chi connectivity index (χ3n) is 3.46. The van der Waals surface area contributed by atoms with Crippen LogP contribution in [0.2, 0.25) is 0 Å². The van der Waals surface area contributed by atoms with E-state index in [9.17, 15) is 4.79 Å². The number of nitrogens with one attached hydrogen (secondary N) is 2. The Balaban J connectivity index is 2.13. The van der Waals surface area contributed by atoms with Crippen molar-refractivity contribution in [1.29, 1.82) is 0 Å². The number of urea groups is 1. The number of carbonyl (C=O) groups is 1. The van der Waals surface area contributed by atoms with Crippen LogP contribution < -0.4 is 10.6 Å². The lowest BCUT2D eigenvalue weighted by Gasteiger charge is -2.23. The van der Waals surface area contributed by atoms with Crippen LogP contribution in [0.25, 0.3) is 0 Å². The standard InChI is InChI=1S/C18H23N3O/c1-5-13-10-11-19-16(12-13)21-17(22)20-15-9-7-6-8-14(15)18(2,3)4/h6-12H,5H2,1-4H3,(H2,19,20,21,22). The predicted molar refractivity (Wildman–Crippen MR) is 91.4 cm³/mol. The minimum atomic E-state index is -0.280. The van der Waals surface area contributed by atoms with E-state index >= 15 is 0 Å². The van der Waals surface area contributed by atoms with Crippen molar-refractivity contribution in [2.45, 2.75) is 39.5 Å². The topological polar surface area (TPSA) is 54.0 Å². The number of nitrogens with zero attached hydrogens (tertiary/aromatic N) is 1. The van der Waals surface area contributed by atoms with Gasteiger partial charge < -0.3 is 5.32 Å². The van der Waals surface area contributed by atoms with Gasteiger partial charge in [0.2, 0.25) is 0 Å². The summed E-state index contributed by atoms with van der Waals surface area (Å²) in [5.41, 5.74) is 3.02. The maximum atomic E-state index is 12.2. The molecule has 0 saturated carbocycles. The Labute approximate surface area is 132 Å². The molecule has 0 unspecified atom stereocenters. The molecule has 1 aromatic carbocycles. The molecule has 0 saturated heterocycles. The second kappa shape index (κ2) is 6.60. The Morgan fingerprint density at radius 1 is 1.14 bits per heavy atom. The Bertz CT molecular complexity index is 659. The van der Waals surface area contributed by atoms with Crippen LogP contribution in [0.1, 0.15) is 38.8 Å². The number of aromatic nitrogens is 1. The normalized spacial score (nSPS) is 11.1. The number of para-hydroxylation sites is 1. The van der Waals surface area contributed by atoms with Crippen LogP contribution in [0.15, 0.2) is 42.6 Å². The Morgan fingerprint density at radius 2 is 1.86 bits per heavy atom. The molecule has 1 aromatic heterocycles. The number of benzene rings is 1. The first-order valence-electron chi connectivity index (χ1n) is 7.52. The van der Waals surface area contributed by atoms with Gasteiger partial charge in [-0.2, -0.15) is 0 Å². The molecule has 0 aliphatic rings. The van der Waals surface area contributed by atoms with Gasteiger partial charge in [-0.25, -0.2) is 9.78 Å². The minimum absolute atomic E-state index is 0.0374. The Kier molecular flexibility index (Phi) is 4.81. The number of hydrogen-bond donors (Lipinski definition) is 2. The molecule has 0 fully saturated rings. The van der Waals surface area contributed by atoms with Crippen LogP contribution in [0.5, 0.6) is 0 Å². The molecule has 0 radical (unpaired) electrons. The maximum absolute atomic E-state index is 12.2. The van der Waals surface area contributed by atoms with E-state index in [-0.39, 0.29) is 11.4 Å². The number of anilines is 2. The zero-order valence-corrected chi connectivity index (χ0v) is 13.6. The first kappa shape index (κ1) is 16.0. The highest BCUT2D eigenvalue weighted by Crippen LogP contribution is 2.29. The SMILES string of the molecule is CCc1ccnc(NC(=O)Nc2ccccc2C(C)(C)C)c1. The van der Waals surface area contributed by atoms with Crippen LogP contribution in [0.4, 0.5) is 16.3 Å². The van der Waals surface area contributed by atoms with Crippen molar-refractivity contribution in [2.24, 2.45) is 0 Å². The van der Waals surface area contributed by atoms with E-state index in [4.69, 9.17) is 0 Å². The number of hydrogen-bond acceptors (Lipinski definition) is 2. The largest absolute Gasteiger partial charge is 0.324 e. The van der Waals surface area contributed by atoms with Gasteiger partial charge in [-0.15, -0.1) is 0 Å². The summed E-state index contributed by atoms with van der Waals surface area (Å²) in [6.45, 7) is 8.44. The molecule has 0 aliphatic carbocycles. The molecule has 2 N–H and O–H groups in total. The number of rotatable bonds is 3. The van der Waals surface area contributed by atoms with E-state index in [1.54, 1.807) is 6.20 Å². The van der Waals surface area contributed by atoms with Gasteiger partial charge >= 0.3 is 6.03 Å². The summed E-state index contributed by atoms with van der Waals surface area (Å²) < 4.78 is 0. The molecule has 1 heterocycles. The average Bonchev–Trinajstić information content (AvgIpc) is 2.46. The number of pyridine rings is 1. The van der Waals surface area contributed by atoms with Gasteiger partial charge in [0.15, 0.2) is 0 Å². The van der Waals surface area contributed by atoms with Crippen LogP contribution in [-0.4, -0.2) is 11.0 Å². The Morgan fingerprint density at radius 3 is 2.55 bits per heavy atom. The molecule has 116 valence electrons. The Hall–Kier alpha value is -2.36. The van der Waals surface area contributed by atoms with Crippen LogP contribution in [-0.2, 0) is 11.8 Å². The van der Waals surface area contributed by atoms with E-state index < -0.39 is 0 Å². The van der Waals surface area contributed by atoms with Crippen LogP contribution in [0.3, 0.4) is 0 Å². The molecule has 4 nitrogen and oxygen atoms in total.